The van der Waals surface area contributed by atoms with Gasteiger partial charge in [-0.15, -0.1) is 0 Å². The zero-order chi connectivity index (χ0) is 14.7. The van der Waals surface area contributed by atoms with Gasteiger partial charge in [0.2, 0.25) is 0 Å². The van der Waals surface area contributed by atoms with Crippen LogP contribution in [-0.4, -0.2) is 15.8 Å². The van der Waals surface area contributed by atoms with E-state index in [4.69, 9.17) is 9.94 Å². The summed E-state index contributed by atoms with van der Waals surface area (Å²) in [6, 6.07) is 8.67. The molecule has 2 aromatic rings. The summed E-state index contributed by atoms with van der Waals surface area (Å²) in [6.45, 7) is 4.13. The lowest BCUT2D eigenvalue weighted by molar-refractivity contribution is 0.0667. The van der Waals surface area contributed by atoms with Gasteiger partial charge in [-0.2, -0.15) is 4.73 Å². The van der Waals surface area contributed by atoms with Gasteiger partial charge in [0.1, 0.15) is 12.2 Å². The van der Waals surface area contributed by atoms with Crippen molar-refractivity contribution in [1.82, 2.24) is 4.73 Å². The van der Waals surface area contributed by atoms with Gasteiger partial charge in [-0.05, 0) is 37.1 Å². The van der Waals surface area contributed by atoms with Crippen LogP contribution < -0.4 is 10.4 Å². The van der Waals surface area contributed by atoms with Crippen LogP contribution in [0.1, 0.15) is 27.0 Å². The molecular weight excluding hydrogens is 258 g/mol. The van der Waals surface area contributed by atoms with Gasteiger partial charge in [-0.1, -0.05) is 23.8 Å². The molecule has 0 atom stereocenters. The second kappa shape index (κ2) is 5.61. The fraction of sp³-hybridized carbons (Fsp3) is 0.200. The Morgan fingerprint density at radius 1 is 1.30 bits per heavy atom. The molecule has 0 radical (unpaired) electrons. The zero-order valence-corrected chi connectivity index (χ0v) is 11.3. The molecule has 1 N–H and O–H groups in total. The first-order valence-electron chi connectivity index (χ1n) is 6.13. The van der Waals surface area contributed by atoms with Gasteiger partial charge in [0, 0.05) is 6.20 Å². The van der Waals surface area contributed by atoms with Crippen LogP contribution in [0.3, 0.4) is 0 Å². The maximum Gasteiger partial charge on any atom is 0.341 e. The summed E-state index contributed by atoms with van der Waals surface area (Å²) in [5, 5.41) is 8.89. The van der Waals surface area contributed by atoms with Crippen molar-refractivity contribution >= 4 is 5.97 Å². The number of carbonyl (C=O) groups is 1. The largest absolute Gasteiger partial charge is 0.477 e. The number of carboxylic acid groups (broad SMARTS) is 1. The van der Waals surface area contributed by atoms with E-state index in [0.717, 1.165) is 21.4 Å². The number of carboxylic acids is 1. The van der Waals surface area contributed by atoms with Crippen LogP contribution in [0.25, 0.3) is 0 Å². The Labute approximate surface area is 116 Å². The first-order chi connectivity index (χ1) is 9.49. The van der Waals surface area contributed by atoms with Crippen LogP contribution in [0, 0.1) is 13.8 Å². The predicted molar refractivity (Wildman–Crippen MR) is 73.9 cm³/mol. The molecule has 0 amide bonds. The van der Waals surface area contributed by atoms with Crippen LogP contribution in [0.5, 0.6) is 0 Å². The topological polar surface area (TPSA) is 68.5 Å². The molecule has 0 saturated carbocycles. The fourth-order valence-electron chi connectivity index (χ4n) is 1.83. The van der Waals surface area contributed by atoms with Crippen LogP contribution in [-0.2, 0) is 6.61 Å². The molecule has 0 bridgehead atoms. The number of benzene rings is 1. The Balaban J connectivity index is 2.23. The van der Waals surface area contributed by atoms with E-state index in [1.54, 1.807) is 0 Å². The molecule has 5 heteroatoms. The number of aromatic carboxylic acids is 1. The van der Waals surface area contributed by atoms with Crippen LogP contribution in [0.4, 0.5) is 0 Å². The van der Waals surface area contributed by atoms with E-state index in [1.165, 1.54) is 18.3 Å². The molecule has 0 fully saturated rings. The highest BCUT2D eigenvalue weighted by Crippen LogP contribution is 2.10. The van der Waals surface area contributed by atoms with Crippen molar-refractivity contribution < 1.29 is 14.7 Å². The Bertz CT molecular complexity index is 703. The average molecular weight is 273 g/mol. The maximum absolute atomic E-state index is 11.8. The standard InChI is InChI=1S/C15H15NO4/c1-10-5-6-11(2)12(8-10)9-20-16-7-3-4-13(14(16)17)15(18)19/h3-8H,9H2,1-2H3,(H,18,19). The minimum absolute atomic E-state index is 0.205. The third kappa shape index (κ3) is 2.88. The molecule has 1 heterocycles. The first-order valence-corrected chi connectivity index (χ1v) is 6.13. The molecule has 0 aliphatic rings. The lowest BCUT2D eigenvalue weighted by Crippen LogP contribution is -2.30. The highest BCUT2D eigenvalue weighted by molar-refractivity contribution is 5.86. The Kier molecular flexibility index (Phi) is 3.89. The number of rotatable bonds is 4. The van der Waals surface area contributed by atoms with Crippen molar-refractivity contribution in [1.29, 1.82) is 0 Å². The molecule has 0 unspecified atom stereocenters. The highest BCUT2D eigenvalue weighted by Gasteiger charge is 2.11. The SMILES string of the molecule is Cc1ccc(C)c(COn2cccc(C(=O)O)c2=O)c1. The summed E-state index contributed by atoms with van der Waals surface area (Å²) in [5.74, 6) is -1.26. The van der Waals surface area contributed by atoms with E-state index >= 15 is 0 Å². The van der Waals surface area contributed by atoms with E-state index in [1.807, 2.05) is 32.0 Å². The Morgan fingerprint density at radius 3 is 2.75 bits per heavy atom. The quantitative estimate of drug-likeness (QED) is 0.922. The maximum atomic E-state index is 11.8. The van der Waals surface area contributed by atoms with Gasteiger partial charge in [0.25, 0.3) is 5.56 Å². The minimum atomic E-state index is -1.26. The number of hydrogen-bond acceptors (Lipinski definition) is 3. The van der Waals surface area contributed by atoms with Crippen molar-refractivity contribution in [2.24, 2.45) is 0 Å². The summed E-state index contributed by atoms with van der Waals surface area (Å²) in [6.07, 6.45) is 1.40. The Hall–Kier alpha value is -2.56. The molecule has 0 aliphatic heterocycles. The smallest absolute Gasteiger partial charge is 0.341 e. The molecule has 2 rings (SSSR count). The molecule has 1 aromatic heterocycles. The van der Waals surface area contributed by atoms with E-state index < -0.39 is 11.5 Å². The number of pyridine rings is 1. The van der Waals surface area contributed by atoms with Crippen molar-refractivity contribution in [2.45, 2.75) is 20.5 Å². The molecule has 0 saturated heterocycles. The van der Waals surface area contributed by atoms with Gasteiger partial charge in [0.05, 0.1) is 0 Å². The number of aryl methyl sites for hydroxylation is 2. The van der Waals surface area contributed by atoms with Crippen molar-refractivity contribution in [2.75, 3.05) is 0 Å². The van der Waals surface area contributed by atoms with Gasteiger partial charge in [-0.25, -0.2) is 4.79 Å². The monoisotopic (exact) mass is 273 g/mol. The van der Waals surface area contributed by atoms with Crippen LogP contribution in [0.15, 0.2) is 41.3 Å². The molecule has 5 nitrogen and oxygen atoms in total. The molecule has 0 spiro atoms. The van der Waals surface area contributed by atoms with Gasteiger partial charge < -0.3 is 9.94 Å². The van der Waals surface area contributed by atoms with E-state index in [-0.39, 0.29) is 12.2 Å². The predicted octanol–water partition coefficient (Wildman–Crippen LogP) is 1.79. The van der Waals surface area contributed by atoms with Crippen molar-refractivity contribution in [3.8, 4) is 0 Å². The highest BCUT2D eigenvalue weighted by atomic mass is 16.7. The van der Waals surface area contributed by atoms with Crippen LogP contribution >= 0.6 is 0 Å². The second-order valence-corrected chi connectivity index (χ2v) is 4.56. The van der Waals surface area contributed by atoms with E-state index in [2.05, 4.69) is 0 Å². The molecular formula is C15H15NO4. The van der Waals surface area contributed by atoms with Crippen LogP contribution in [0.2, 0.25) is 0 Å². The normalized spacial score (nSPS) is 10.3. The van der Waals surface area contributed by atoms with Crippen molar-refractivity contribution in [3.05, 3.63) is 69.1 Å². The number of nitrogens with zero attached hydrogens (tertiary/aromatic N) is 1. The van der Waals surface area contributed by atoms with Crippen molar-refractivity contribution in [3.63, 3.8) is 0 Å². The molecule has 104 valence electrons. The fourth-order valence-corrected chi connectivity index (χ4v) is 1.83. The molecule has 0 aliphatic carbocycles. The lowest BCUT2D eigenvalue weighted by atomic mass is 10.1. The zero-order valence-electron chi connectivity index (χ0n) is 11.3. The average Bonchev–Trinajstić information content (AvgIpc) is 2.41. The molecule has 20 heavy (non-hydrogen) atoms. The van der Waals surface area contributed by atoms with E-state index in [0.29, 0.717) is 0 Å². The number of hydrogen-bond donors (Lipinski definition) is 1. The van der Waals surface area contributed by atoms with Gasteiger partial charge in [-0.3, -0.25) is 4.79 Å². The summed E-state index contributed by atoms with van der Waals surface area (Å²) in [7, 11) is 0. The first kappa shape index (κ1) is 13.9. The third-order valence-electron chi connectivity index (χ3n) is 3.01. The van der Waals surface area contributed by atoms with Gasteiger partial charge in [0.15, 0.2) is 0 Å². The summed E-state index contributed by atoms with van der Waals surface area (Å²) in [4.78, 5) is 28.1. The third-order valence-corrected chi connectivity index (χ3v) is 3.01. The second-order valence-electron chi connectivity index (χ2n) is 4.56. The lowest BCUT2D eigenvalue weighted by Gasteiger charge is -2.11. The Morgan fingerprint density at radius 2 is 2.05 bits per heavy atom. The van der Waals surface area contributed by atoms with Gasteiger partial charge >= 0.3 is 5.97 Å². The summed E-state index contributed by atoms with van der Waals surface area (Å²) in [5.41, 5.74) is 2.12. The number of aromatic nitrogens is 1. The molecule has 1 aromatic carbocycles. The minimum Gasteiger partial charge on any atom is -0.477 e. The summed E-state index contributed by atoms with van der Waals surface area (Å²) < 4.78 is 0.950. The summed E-state index contributed by atoms with van der Waals surface area (Å²) >= 11 is 0. The van der Waals surface area contributed by atoms with E-state index in [9.17, 15) is 9.59 Å².